The second-order valence-electron chi connectivity index (χ2n) is 5.91. The highest BCUT2D eigenvalue weighted by molar-refractivity contribution is 5.94. The molecule has 1 amide bonds. The van der Waals surface area contributed by atoms with Crippen molar-refractivity contribution in [2.24, 2.45) is 13.0 Å². The molecule has 1 atom stereocenters. The fourth-order valence-corrected chi connectivity index (χ4v) is 2.84. The highest BCUT2D eigenvalue weighted by Crippen LogP contribution is 2.38. The summed E-state index contributed by atoms with van der Waals surface area (Å²) in [5.41, 5.74) is 0.873. The summed E-state index contributed by atoms with van der Waals surface area (Å²) in [6.07, 6.45) is 4.25. The Kier molecular flexibility index (Phi) is 4.12. The molecule has 2 N–H and O–H groups in total. The lowest BCUT2D eigenvalue weighted by molar-refractivity contribution is 0.0235. The zero-order valence-electron chi connectivity index (χ0n) is 12.5. The molecular weight excluding hydrogens is 304 g/mol. The van der Waals surface area contributed by atoms with Crippen molar-refractivity contribution in [2.45, 2.75) is 25.0 Å². The van der Waals surface area contributed by atoms with Crippen LogP contribution < -0.4 is 5.32 Å². The predicted molar refractivity (Wildman–Crippen MR) is 78.5 cm³/mol. The summed E-state index contributed by atoms with van der Waals surface area (Å²) in [5, 5.41) is 16.4. The van der Waals surface area contributed by atoms with Crippen LogP contribution in [0, 0.1) is 17.6 Å². The molecule has 3 rings (SSSR count). The standard InChI is InChI=1S/C16H17F2N3O2/c1-21-8-11(7-19-21)15(10-4-12(22)5-10)20-16(23)9-2-3-13(17)14(18)6-9/h2-3,6-8,10,12,15,22H,4-5H2,1H3,(H,20,23). The van der Waals surface area contributed by atoms with Gasteiger partial charge in [-0.05, 0) is 37.0 Å². The molecule has 1 fully saturated rings. The number of hydrogen-bond donors (Lipinski definition) is 2. The first-order valence-corrected chi connectivity index (χ1v) is 7.36. The molecule has 0 radical (unpaired) electrons. The van der Waals surface area contributed by atoms with E-state index < -0.39 is 17.5 Å². The van der Waals surface area contributed by atoms with Gasteiger partial charge in [-0.15, -0.1) is 0 Å². The number of carbonyl (C=O) groups is 1. The number of nitrogens with zero attached hydrogens (tertiary/aromatic N) is 2. The molecule has 7 heteroatoms. The van der Waals surface area contributed by atoms with Crippen LogP contribution in [0.4, 0.5) is 8.78 Å². The van der Waals surface area contributed by atoms with Crippen molar-refractivity contribution in [1.82, 2.24) is 15.1 Å². The second kappa shape index (κ2) is 6.08. The van der Waals surface area contributed by atoms with Crippen LogP contribution in [0.1, 0.15) is 34.8 Å². The third-order valence-corrected chi connectivity index (χ3v) is 4.17. The minimum absolute atomic E-state index is 0.0534. The number of amides is 1. The molecule has 1 saturated carbocycles. The summed E-state index contributed by atoms with van der Waals surface area (Å²) in [6.45, 7) is 0. The Morgan fingerprint density at radius 2 is 2.13 bits per heavy atom. The number of nitrogens with one attached hydrogen (secondary N) is 1. The van der Waals surface area contributed by atoms with Crippen molar-refractivity contribution in [2.75, 3.05) is 0 Å². The zero-order valence-corrected chi connectivity index (χ0v) is 12.5. The van der Waals surface area contributed by atoms with Crippen LogP contribution in [0.2, 0.25) is 0 Å². The van der Waals surface area contributed by atoms with Crippen LogP contribution in [-0.4, -0.2) is 26.9 Å². The Morgan fingerprint density at radius 3 is 2.70 bits per heavy atom. The van der Waals surface area contributed by atoms with E-state index in [1.165, 1.54) is 6.07 Å². The molecule has 5 nitrogen and oxygen atoms in total. The summed E-state index contributed by atoms with van der Waals surface area (Å²) >= 11 is 0. The average Bonchev–Trinajstić information content (AvgIpc) is 2.91. The number of hydrogen-bond acceptors (Lipinski definition) is 3. The van der Waals surface area contributed by atoms with Gasteiger partial charge in [-0.1, -0.05) is 0 Å². The van der Waals surface area contributed by atoms with Crippen molar-refractivity contribution in [3.63, 3.8) is 0 Å². The van der Waals surface area contributed by atoms with Crippen molar-refractivity contribution in [3.8, 4) is 0 Å². The first-order chi connectivity index (χ1) is 10.9. The van der Waals surface area contributed by atoms with Gasteiger partial charge in [-0.2, -0.15) is 5.10 Å². The van der Waals surface area contributed by atoms with Gasteiger partial charge in [0.2, 0.25) is 0 Å². The summed E-state index contributed by atoms with van der Waals surface area (Å²) in [4.78, 5) is 12.3. The number of aromatic nitrogens is 2. The van der Waals surface area contributed by atoms with E-state index in [0.717, 1.165) is 17.7 Å². The lowest BCUT2D eigenvalue weighted by atomic mass is 9.75. The smallest absolute Gasteiger partial charge is 0.251 e. The lowest BCUT2D eigenvalue weighted by Gasteiger charge is -2.37. The topological polar surface area (TPSA) is 67.2 Å². The quantitative estimate of drug-likeness (QED) is 0.904. The highest BCUT2D eigenvalue weighted by atomic mass is 19.2. The SMILES string of the molecule is Cn1cc(C(NC(=O)c2ccc(F)c(F)c2)C2CC(O)C2)cn1. The molecule has 0 bridgehead atoms. The van der Waals surface area contributed by atoms with Crippen LogP contribution >= 0.6 is 0 Å². The van der Waals surface area contributed by atoms with Gasteiger partial charge in [0.15, 0.2) is 11.6 Å². The van der Waals surface area contributed by atoms with Crippen molar-refractivity contribution in [1.29, 1.82) is 0 Å². The van der Waals surface area contributed by atoms with Crippen LogP contribution in [0.3, 0.4) is 0 Å². The number of aryl methyl sites for hydroxylation is 1. The monoisotopic (exact) mass is 321 g/mol. The number of rotatable bonds is 4. The van der Waals surface area contributed by atoms with E-state index in [-0.39, 0.29) is 23.6 Å². The number of halogens is 2. The van der Waals surface area contributed by atoms with Crippen LogP contribution in [-0.2, 0) is 7.05 Å². The van der Waals surface area contributed by atoms with Gasteiger partial charge >= 0.3 is 0 Å². The number of aliphatic hydroxyl groups is 1. The first-order valence-electron chi connectivity index (χ1n) is 7.36. The summed E-state index contributed by atoms with van der Waals surface area (Å²) in [6, 6.07) is 2.72. The molecular formula is C16H17F2N3O2. The maximum Gasteiger partial charge on any atom is 0.251 e. The van der Waals surface area contributed by atoms with Crippen LogP contribution in [0.5, 0.6) is 0 Å². The van der Waals surface area contributed by atoms with Gasteiger partial charge < -0.3 is 10.4 Å². The molecule has 0 saturated heterocycles. The van der Waals surface area contributed by atoms with Gasteiger partial charge in [0.25, 0.3) is 5.91 Å². The molecule has 1 aromatic carbocycles. The average molecular weight is 321 g/mol. The molecule has 0 aliphatic heterocycles. The molecule has 1 heterocycles. The summed E-state index contributed by atoms with van der Waals surface area (Å²) in [7, 11) is 1.77. The highest BCUT2D eigenvalue weighted by Gasteiger charge is 2.36. The third-order valence-electron chi connectivity index (χ3n) is 4.17. The maximum absolute atomic E-state index is 13.3. The number of benzene rings is 1. The van der Waals surface area contributed by atoms with Crippen molar-refractivity contribution < 1.29 is 18.7 Å². The van der Waals surface area contributed by atoms with Crippen molar-refractivity contribution >= 4 is 5.91 Å². The van der Waals surface area contributed by atoms with E-state index in [1.807, 2.05) is 0 Å². The number of aliphatic hydroxyl groups excluding tert-OH is 1. The third kappa shape index (κ3) is 3.24. The zero-order chi connectivity index (χ0) is 16.6. The Balaban J connectivity index is 1.80. The Bertz CT molecular complexity index is 726. The van der Waals surface area contributed by atoms with Crippen molar-refractivity contribution in [3.05, 3.63) is 53.4 Å². The van der Waals surface area contributed by atoms with E-state index in [0.29, 0.717) is 12.8 Å². The molecule has 1 aromatic heterocycles. The lowest BCUT2D eigenvalue weighted by Crippen LogP contribution is -2.41. The van der Waals surface area contributed by atoms with Gasteiger partial charge in [0, 0.05) is 24.4 Å². The summed E-state index contributed by atoms with van der Waals surface area (Å²) in [5.74, 6) is -2.45. The fourth-order valence-electron chi connectivity index (χ4n) is 2.84. The Morgan fingerprint density at radius 1 is 1.39 bits per heavy atom. The van der Waals surface area contributed by atoms with Gasteiger partial charge in [-0.3, -0.25) is 9.48 Å². The van der Waals surface area contributed by atoms with E-state index >= 15 is 0 Å². The molecule has 2 aromatic rings. The first kappa shape index (κ1) is 15.6. The van der Waals surface area contributed by atoms with E-state index in [2.05, 4.69) is 10.4 Å². The Labute approximate surface area is 131 Å². The van der Waals surface area contributed by atoms with Crippen LogP contribution in [0.25, 0.3) is 0 Å². The fraction of sp³-hybridized carbons (Fsp3) is 0.375. The number of carbonyl (C=O) groups excluding carboxylic acids is 1. The molecule has 1 aliphatic carbocycles. The molecule has 1 aliphatic rings. The minimum Gasteiger partial charge on any atom is -0.393 e. The van der Waals surface area contributed by atoms with Gasteiger partial charge in [-0.25, -0.2) is 8.78 Å². The molecule has 23 heavy (non-hydrogen) atoms. The largest absolute Gasteiger partial charge is 0.393 e. The molecule has 122 valence electrons. The van der Waals surface area contributed by atoms with E-state index in [9.17, 15) is 18.7 Å². The van der Waals surface area contributed by atoms with Gasteiger partial charge in [0.1, 0.15) is 0 Å². The normalized spacial score (nSPS) is 21.6. The Hall–Kier alpha value is -2.28. The maximum atomic E-state index is 13.3. The second-order valence-corrected chi connectivity index (χ2v) is 5.91. The molecule has 0 spiro atoms. The summed E-state index contributed by atoms with van der Waals surface area (Å²) < 4.78 is 27.9. The van der Waals surface area contributed by atoms with Crippen LogP contribution in [0.15, 0.2) is 30.6 Å². The van der Waals surface area contributed by atoms with E-state index in [1.54, 1.807) is 24.1 Å². The molecule has 1 unspecified atom stereocenters. The van der Waals surface area contributed by atoms with Gasteiger partial charge in [0.05, 0.1) is 18.3 Å². The minimum atomic E-state index is -1.06. The predicted octanol–water partition coefficient (Wildman–Crippen LogP) is 1.94. The van der Waals surface area contributed by atoms with E-state index in [4.69, 9.17) is 0 Å².